The highest BCUT2D eigenvalue weighted by molar-refractivity contribution is 5.44. The van der Waals surface area contributed by atoms with Crippen LogP contribution in [0.2, 0.25) is 0 Å². The van der Waals surface area contributed by atoms with Crippen molar-refractivity contribution in [3.63, 3.8) is 0 Å². The predicted molar refractivity (Wildman–Crippen MR) is 43.7 cm³/mol. The summed E-state index contributed by atoms with van der Waals surface area (Å²) < 4.78 is 4.81. The van der Waals surface area contributed by atoms with E-state index in [1.807, 2.05) is 0 Å². The Morgan fingerprint density at radius 3 is 3.14 bits per heavy atom. The molecule has 2 aromatic heterocycles. The van der Waals surface area contributed by atoms with Crippen LogP contribution in [0.5, 0.6) is 0 Å². The van der Waals surface area contributed by atoms with Crippen LogP contribution in [0.4, 0.5) is 0 Å². The highest BCUT2D eigenvalue weighted by Gasteiger charge is 2.15. The van der Waals surface area contributed by atoms with E-state index in [-0.39, 0.29) is 18.3 Å². The fourth-order valence-electron chi connectivity index (χ4n) is 0.877. The Labute approximate surface area is 78.1 Å². The third-order valence-corrected chi connectivity index (χ3v) is 1.60. The molecule has 8 heteroatoms. The van der Waals surface area contributed by atoms with E-state index in [0.29, 0.717) is 5.69 Å². The molecule has 0 fully saturated rings. The third-order valence-electron chi connectivity index (χ3n) is 1.60. The Kier molecular flexibility index (Phi) is 2.21. The Morgan fingerprint density at radius 2 is 2.50 bits per heavy atom. The summed E-state index contributed by atoms with van der Waals surface area (Å²) in [5.74, 6) is 0.461. The van der Waals surface area contributed by atoms with Gasteiger partial charge in [-0.15, -0.1) is 0 Å². The molecule has 0 aliphatic rings. The molecule has 0 bridgehead atoms. The van der Waals surface area contributed by atoms with Gasteiger partial charge in [0.1, 0.15) is 6.04 Å². The molecule has 2 rings (SSSR count). The molecule has 0 spiro atoms. The van der Waals surface area contributed by atoms with Crippen molar-refractivity contribution in [1.82, 2.24) is 25.6 Å². The van der Waals surface area contributed by atoms with Crippen molar-refractivity contribution in [3.05, 3.63) is 12.1 Å². The zero-order valence-electron chi connectivity index (χ0n) is 7.08. The van der Waals surface area contributed by atoms with Crippen LogP contribution in [0.3, 0.4) is 0 Å². The Morgan fingerprint density at radius 1 is 1.64 bits per heavy atom. The minimum Gasteiger partial charge on any atom is -0.394 e. The first kappa shape index (κ1) is 8.78. The van der Waals surface area contributed by atoms with Gasteiger partial charge >= 0.3 is 0 Å². The second kappa shape index (κ2) is 3.52. The van der Waals surface area contributed by atoms with Gasteiger partial charge in [0, 0.05) is 0 Å². The summed E-state index contributed by atoms with van der Waals surface area (Å²) >= 11 is 0. The summed E-state index contributed by atoms with van der Waals surface area (Å²) in [6, 6.07) is -0.664. The van der Waals surface area contributed by atoms with Crippen molar-refractivity contribution in [3.8, 4) is 11.5 Å². The van der Waals surface area contributed by atoms with E-state index in [4.69, 9.17) is 15.4 Å². The quantitative estimate of drug-likeness (QED) is 0.565. The fourth-order valence-corrected chi connectivity index (χ4v) is 0.877. The summed E-state index contributed by atoms with van der Waals surface area (Å²) in [7, 11) is 0. The molecule has 4 N–H and O–H groups in total. The van der Waals surface area contributed by atoms with Gasteiger partial charge < -0.3 is 15.4 Å². The van der Waals surface area contributed by atoms with Gasteiger partial charge in [0.05, 0.1) is 12.8 Å². The van der Waals surface area contributed by atoms with Gasteiger partial charge in [-0.25, -0.2) is 0 Å². The van der Waals surface area contributed by atoms with Gasteiger partial charge in [-0.2, -0.15) is 20.4 Å². The van der Waals surface area contributed by atoms with Gasteiger partial charge in [0.15, 0.2) is 5.69 Å². The lowest BCUT2D eigenvalue weighted by Crippen LogP contribution is -2.14. The van der Waals surface area contributed by atoms with Crippen molar-refractivity contribution in [2.24, 2.45) is 5.73 Å². The first-order chi connectivity index (χ1) is 6.81. The van der Waals surface area contributed by atoms with Crippen LogP contribution in [0, 0.1) is 0 Å². The number of aliphatic hydroxyl groups excluding tert-OH is 1. The zero-order chi connectivity index (χ0) is 9.97. The van der Waals surface area contributed by atoms with Crippen molar-refractivity contribution < 1.29 is 9.63 Å². The van der Waals surface area contributed by atoms with Crippen molar-refractivity contribution in [1.29, 1.82) is 0 Å². The number of nitrogens with zero attached hydrogens (tertiary/aromatic N) is 4. The molecule has 1 atom stereocenters. The molecule has 0 saturated heterocycles. The largest absolute Gasteiger partial charge is 0.394 e. The molecule has 0 unspecified atom stereocenters. The number of hydrogen-bond acceptors (Lipinski definition) is 7. The third kappa shape index (κ3) is 1.47. The van der Waals surface area contributed by atoms with Gasteiger partial charge in [-0.1, -0.05) is 5.16 Å². The first-order valence-electron chi connectivity index (χ1n) is 3.87. The maximum absolute atomic E-state index is 8.74. The summed E-state index contributed by atoms with van der Waals surface area (Å²) in [6.45, 7) is -0.250. The van der Waals surface area contributed by atoms with Crippen molar-refractivity contribution in [2.75, 3.05) is 6.61 Å². The van der Waals surface area contributed by atoms with E-state index in [2.05, 4.69) is 25.6 Å². The number of rotatable bonds is 3. The molecule has 0 aromatic carbocycles. The molecule has 14 heavy (non-hydrogen) atoms. The molecule has 0 saturated carbocycles. The molecular formula is C6H8N6O2. The lowest BCUT2D eigenvalue weighted by Gasteiger charge is -1.97. The first-order valence-corrected chi connectivity index (χ1v) is 3.87. The minimum atomic E-state index is -0.664. The zero-order valence-corrected chi connectivity index (χ0v) is 7.08. The number of nitrogens with one attached hydrogen (secondary N) is 1. The molecule has 0 radical (unpaired) electrons. The summed E-state index contributed by atoms with van der Waals surface area (Å²) in [5, 5.41) is 22.1. The minimum absolute atomic E-state index is 0.172. The van der Waals surface area contributed by atoms with Gasteiger partial charge in [0.2, 0.25) is 11.7 Å². The monoisotopic (exact) mass is 196 g/mol. The summed E-state index contributed by atoms with van der Waals surface area (Å²) in [6.07, 6.45) is 1.46. The normalized spacial score (nSPS) is 13.0. The van der Waals surface area contributed by atoms with Crippen LogP contribution in [-0.4, -0.2) is 37.3 Å². The summed E-state index contributed by atoms with van der Waals surface area (Å²) in [5.41, 5.74) is 5.93. The van der Waals surface area contributed by atoms with E-state index in [0.717, 1.165) is 0 Å². The molecule has 0 aliphatic carbocycles. The van der Waals surface area contributed by atoms with Crippen LogP contribution in [0.1, 0.15) is 11.9 Å². The van der Waals surface area contributed by atoms with E-state index in [9.17, 15) is 0 Å². The number of aromatic nitrogens is 5. The van der Waals surface area contributed by atoms with Gasteiger partial charge in [-0.05, 0) is 0 Å². The molecule has 2 aromatic rings. The fraction of sp³-hybridized carbons (Fsp3) is 0.333. The maximum Gasteiger partial charge on any atom is 0.246 e. The number of hydrogen-bond donors (Lipinski definition) is 3. The van der Waals surface area contributed by atoms with E-state index < -0.39 is 6.04 Å². The molecule has 0 amide bonds. The molecular weight excluding hydrogens is 188 g/mol. The summed E-state index contributed by atoms with van der Waals surface area (Å²) in [4.78, 5) is 3.94. The molecule has 8 nitrogen and oxygen atoms in total. The molecule has 74 valence electrons. The lowest BCUT2D eigenvalue weighted by atomic mass is 10.3. The Bertz CT molecular complexity index is 396. The highest BCUT2D eigenvalue weighted by atomic mass is 16.5. The van der Waals surface area contributed by atoms with Gasteiger partial charge in [-0.3, -0.25) is 0 Å². The number of aliphatic hydroxyl groups is 1. The van der Waals surface area contributed by atoms with Crippen LogP contribution in [0.25, 0.3) is 11.5 Å². The predicted octanol–water partition coefficient (Wildman–Crippen LogP) is -1.15. The van der Waals surface area contributed by atoms with E-state index >= 15 is 0 Å². The lowest BCUT2D eigenvalue weighted by molar-refractivity contribution is 0.237. The van der Waals surface area contributed by atoms with Crippen LogP contribution >= 0.6 is 0 Å². The average molecular weight is 196 g/mol. The molecule has 0 aliphatic heterocycles. The Hall–Kier alpha value is -1.80. The molecule has 2 heterocycles. The maximum atomic E-state index is 8.74. The van der Waals surface area contributed by atoms with E-state index in [1.54, 1.807) is 0 Å². The number of H-pyrrole nitrogens is 1. The smallest absolute Gasteiger partial charge is 0.246 e. The van der Waals surface area contributed by atoms with Crippen molar-refractivity contribution in [2.45, 2.75) is 6.04 Å². The van der Waals surface area contributed by atoms with Crippen molar-refractivity contribution >= 4 is 0 Å². The van der Waals surface area contributed by atoms with Crippen LogP contribution < -0.4 is 5.73 Å². The Balaban J connectivity index is 2.26. The average Bonchev–Trinajstić information content (AvgIpc) is 2.86. The van der Waals surface area contributed by atoms with Crippen LogP contribution in [0.15, 0.2) is 10.7 Å². The SMILES string of the molecule is N[C@@H](CO)c1nc(-c2cn[nH]n2)no1. The second-order valence-electron chi connectivity index (χ2n) is 2.60. The number of aromatic amines is 1. The second-order valence-corrected chi connectivity index (χ2v) is 2.60. The number of nitrogens with two attached hydrogens (primary N) is 1. The standard InChI is InChI=1S/C6H8N6O2/c7-3(2-13)6-9-5(11-14-6)4-1-8-12-10-4/h1,3,13H,2,7H2,(H,8,10,12)/t3-/m0/s1. The van der Waals surface area contributed by atoms with Crippen LogP contribution in [-0.2, 0) is 0 Å². The highest BCUT2D eigenvalue weighted by Crippen LogP contribution is 2.13. The van der Waals surface area contributed by atoms with E-state index in [1.165, 1.54) is 6.20 Å². The van der Waals surface area contributed by atoms with Gasteiger partial charge in [0.25, 0.3) is 0 Å². The topological polar surface area (TPSA) is 127 Å².